The van der Waals surface area contributed by atoms with Gasteiger partial charge < -0.3 is 0 Å². The Morgan fingerprint density at radius 1 is 1.47 bits per heavy atom. The van der Waals surface area contributed by atoms with E-state index < -0.39 is 23.1 Å². The van der Waals surface area contributed by atoms with E-state index in [2.05, 4.69) is 19.6 Å². The highest BCUT2D eigenvalue weighted by atomic mass is 35.5. The van der Waals surface area contributed by atoms with Crippen LogP contribution in [0.3, 0.4) is 0 Å². The molecule has 1 nitrogen and oxygen atoms in total. The summed E-state index contributed by atoms with van der Waals surface area (Å²) in [4.78, 5) is 0. The van der Waals surface area contributed by atoms with Gasteiger partial charge in [0.2, 0.25) is 0 Å². The Bertz CT molecular complexity index is 254. The molecule has 0 radical (unpaired) electrons. The number of halogens is 2. The van der Waals surface area contributed by atoms with Gasteiger partial charge in [0.05, 0.1) is 5.38 Å². The molecule has 3 unspecified atom stereocenters. The van der Waals surface area contributed by atoms with E-state index in [1.807, 2.05) is 0 Å². The van der Waals surface area contributed by atoms with Crippen molar-refractivity contribution in [2.45, 2.75) is 54.5 Å². The Labute approximate surface area is 106 Å². The summed E-state index contributed by atoms with van der Waals surface area (Å²) < 4.78 is 11.5. The first-order valence-corrected chi connectivity index (χ1v) is 11.3. The summed E-state index contributed by atoms with van der Waals surface area (Å²) in [7, 11) is -2.09. The molecule has 0 aromatic carbocycles. The summed E-state index contributed by atoms with van der Waals surface area (Å²) in [6.07, 6.45) is 2.72. The molecule has 0 N–H and O–H groups in total. The van der Waals surface area contributed by atoms with Gasteiger partial charge in [0.25, 0.3) is 0 Å². The van der Waals surface area contributed by atoms with E-state index in [1.54, 1.807) is 0 Å². The predicted octanol–water partition coefficient (Wildman–Crippen LogP) is 3.80. The first-order valence-electron chi connectivity index (χ1n) is 5.47. The third-order valence-electron chi connectivity index (χ3n) is 2.86. The summed E-state index contributed by atoms with van der Waals surface area (Å²) in [5.41, 5.74) is 0. The standard InChI is InChI=1S/C10H20Cl2OSSi/c1-15(2,3)8-7-14(13)10(12)6-4-5-9(10)11/h9H,4-8H2,1-3H3. The summed E-state index contributed by atoms with van der Waals surface area (Å²) >= 11 is 12.5. The van der Waals surface area contributed by atoms with Crippen molar-refractivity contribution in [3.05, 3.63) is 0 Å². The van der Waals surface area contributed by atoms with Crippen molar-refractivity contribution in [2.24, 2.45) is 0 Å². The Morgan fingerprint density at radius 2 is 2.07 bits per heavy atom. The Morgan fingerprint density at radius 3 is 2.47 bits per heavy atom. The first kappa shape index (κ1) is 14.0. The van der Waals surface area contributed by atoms with Crippen LogP contribution < -0.4 is 0 Å². The first-order chi connectivity index (χ1) is 6.76. The third kappa shape index (κ3) is 3.72. The lowest BCUT2D eigenvalue weighted by Gasteiger charge is -2.25. The summed E-state index contributed by atoms with van der Waals surface area (Å²) in [5, 5.41) is -0.110. The van der Waals surface area contributed by atoms with Gasteiger partial charge in [-0.05, 0) is 25.3 Å². The largest absolute Gasteiger partial charge is 0.258 e. The van der Waals surface area contributed by atoms with Gasteiger partial charge in [-0.1, -0.05) is 19.6 Å². The van der Waals surface area contributed by atoms with E-state index in [0.717, 1.165) is 31.1 Å². The Balaban J connectivity index is 2.53. The van der Waals surface area contributed by atoms with E-state index in [1.165, 1.54) is 0 Å². The second kappa shape index (κ2) is 5.07. The predicted molar refractivity (Wildman–Crippen MR) is 73.2 cm³/mol. The highest BCUT2D eigenvalue weighted by Crippen LogP contribution is 2.42. The average molecular weight is 287 g/mol. The molecule has 1 aliphatic carbocycles. The van der Waals surface area contributed by atoms with Gasteiger partial charge in [-0.15, -0.1) is 23.2 Å². The van der Waals surface area contributed by atoms with Gasteiger partial charge in [-0.3, -0.25) is 4.21 Å². The van der Waals surface area contributed by atoms with Gasteiger partial charge in [0, 0.05) is 24.6 Å². The molecule has 0 amide bonds. The lowest BCUT2D eigenvalue weighted by Crippen LogP contribution is -2.36. The molecule has 1 rings (SSSR count). The van der Waals surface area contributed by atoms with Crippen LogP contribution in [0.2, 0.25) is 25.7 Å². The van der Waals surface area contributed by atoms with Crippen LogP contribution in [0.1, 0.15) is 19.3 Å². The van der Waals surface area contributed by atoms with Crippen LogP contribution in [0.15, 0.2) is 0 Å². The molecule has 1 fully saturated rings. The van der Waals surface area contributed by atoms with Crippen molar-refractivity contribution < 1.29 is 4.21 Å². The molecule has 5 heteroatoms. The second-order valence-corrected chi connectivity index (χ2v) is 14.4. The summed E-state index contributed by atoms with van der Waals surface area (Å²) in [5.74, 6) is 0.725. The zero-order valence-electron chi connectivity index (χ0n) is 9.69. The van der Waals surface area contributed by atoms with Crippen molar-refractivity contribution in [3.63, 3.8) is 0 Å². The van der Waals surface area contributed by atoms with Crippen LogP contribution in [-0.4, -0.2) is 27.6 Å². The maximum absolute atomic E-state index is 12.1. The molecule has 0 heterocycles. The van der Waals surface area contributed by atoms with E-state index in [9.17, 15) is 4.21 Å². The maximum atomic E-state index is 12.1. The number of rotatable bonds is 4. The molecule has 0 saturated heterocycles. The highest BCUT2D eigenvalue weighted by Gasteiger charge is 2.45. The van der Waals surface area contributed by atoms with Gasteiger partial charge in [-0.25, -0.2) is 0 Å². The van der Waals surface area contributed by atoms with E-state index in [-0.39, 0.29) is 5.38 Å². The molecule has 0 aromatic rings. The molecule has 90 valence electrons. The van der Waals surface area contributed by atoms with Gasteiger partial charge in [0.15, 0.2) is 0 Å². The van der Waals surface area contributed by atoms with E-state index in [0.29, 0.717) is 0 Å². The zero-order chi connectivity index (χ0) is 11.7. The highest BCUT2D eigenvalue weighted by molar-refractivity contribution is 7.88. The third-order valence-corrected chi connectivity index (χ3v) is 8.59. The normalized spacial score (nSPS) is 34.3. The van der Waals surface area contributed by atoms with Crippen LogP contribution in [0.5, 0.6) is 0 Å². The fourth-order valence-electron chi connectivity index (χ4n) is 1.72. The lowest BCUT2D eigenvalue weighted by atomic mass is 10.3. The molecular weight excluding hydrogens is 267 g/mol. The van der Waals surface area contributed by atoms with Gasteiger partial charge in [-0.2, -0.15) is 0 Å². The Hall–Kier alpha value is 0.947. The number of hydrogen-bond acceptors (Lipinski definition) is 1. The van der Waals surface area contributed by atoms with Crippen LogP contribution in [-0.2, 0) is 10.8 Å². The van der Waals surface area contributed by atoms with Crippen molar-refractivity contribution in [3.8, 4) is 0 Å². The van der Waals surface area contributed by atoms with Crippen LogP contribution in [0.25, 0.3) is 0 Å². The molecular formula is C10H20Cl2OSSi. The van der Waals surface area contributed by atoms with Crippen molar-refractivity contribution in [2.75, 3.05) is 5.75 Å². The van der Waals surface area contributed by atoms with Crippen molar-refractivity contribution in [1.82, 2.24) is 0 Å². The zero-order valence-corrected chi connectivity index (χ0v) is 13.0. The van der Waals surface area contributed by atoms with Crippen molar-refractivity contribution >= 4 is 42.1 Å². The summed E-state index contributed by atoms with van der Waals surface area (Å²) in [6.45, 7) is 6.87. The van der Waals surface area contributed by atoms with Crippen molar-refractivity contribution in [1.29, 1.82) is 0 Å². The molecule has 0 bridgehead atoms. The maximum Gasteiger partial charge on any atom is 0.135 e. The fraction of sp³-hybridized carbons (Fsp3) is 1.00. The quantitative estimate of drug-likeness (QED) is 0.568. The molecule has 1 saturated carbocycles. The lowest BCUT2D eigenvalue weighted by molar-refractivity contribution is 0.660. The summed E-state index contributed by atoms with van der Waals surface area (Å²) in [6, 6.07) is 1.07. The molecule has 0 spiro atoms. The van der Waals surface area contributed by atoms with E-state index in [4.69, 9.17) is 23.2 Å². The molecule has 0 aliphatic heterocycles. The fourth-order valence-corrected chi connectivity index (χ4v) is 7.06. The SMILES string of the molecule is C[Si](C)(C)CCS(=O)C1(Cl)CCCC1Cl. The molecule has 1 aliphatic rings. The van der Waals surface area contributed by atoms with Crippen LogP contribution in [0.4, 0.5) is 0 Å². The average Bonchev–Trinajstić information content (AvgIpc) is 2.43. The van der Waals surface area contributed by atoms with Crippen LogP contribution in [0, 0.1) is 0 Å². The van der Waals surface area contributed by atoms with Gasteiger partial charge >= 0.3 is 0 Å². The Kier molecular flexibility index (Phi) is 4.74. The second-order valence-electron chi connectivity index (χ2n) is 5.51. The molecule has 15 heavy (non-hydrogen) atoms. The minimum atomic E-state index is -1.12. The molecule has 0 aromatic heterocycles. The van der Waals surface area contributed by atoms with Crippen LogP contribution >= 0.6 is 23.2 Å². The minimum absolute atomic E-state index is 0.110. The minimum Gasteiger partial charge on any atom is -0.258 e. The monoisotopic (exact) mass is 286 g/mol. The van der Waals surface area contributed by atoms with E-state index >= 15 is 0 Å². The number of alkyl halides is 2. The smallest absolute Gasteiger partial charge is 0.135 e. The van der Waals surface area contributed by atoms with Gasteiger partial charge in [0.1, 0.15) is 4.21 Å². The number of hydrogen-bond donors (Lipinski definition) is 0. The molecule has 3 atom stereocenters. The topological polar surface area (TPSA) is 17.1 Å².